The number of imidazole rings is 2. The lowest BCUT2D eigenvalue weighted by atomic mass is 10.1. The molecule has 2 rings (SSSR count). The molecule has 0 aliphatic carbocycles. The van der Waals surface area contributed by atoms with Crippen LogP contribution < -0.4 is 14.5 Å². The van der Waals surface area contributed by atoms with Gasteiger partial charge in [-0.25, -0.2) is 0 Å². The van der Waals surface area contributed by atoms with E-state index in [0.717, 1.165) is 26.2 Å². The zero-order valence-electron chi connectivity index (χ0n) is 15.4. The summed E-state index contributed by atoms with van der Waals surface area (Å²) in [5.74, 6) is 0. The van der Waals surface area contributed by atoms with Gasteiger partial charge in [-0.3, -0.25) is 0 Å². The van der Waals surface area contributed by atoms with Crippen molar-refractivity contribution in [3.8, 4) is 0 Å². The third-order valence-electron chi connectivity index (χ3n) is 3.77. The fourth-order valence-corrected chi connectivity index (χ4v) is 2.22. The minimum atomic E-state index is 0.0887. The van der Waals surface area contributed by atoms with Gasteiger partial charge in [-0.1, -0.05) is 0 Å². The summed E-state index contributed by atoms with van der Waals surface area (Å²) in [6.45, 7) is 16.8. The van der Waals surface area contributed by atoms with Crippen LogP contribution in [0.2, 0.25) is 0 Å². The second kappa shape index (κ2) is 6.87. The smallest absolute Gasteiger partial charge is 0.204 e. The van der Waals surface area contributed by atoms with Gasteiger partial charge in [0.2, 0.25) is 12.7 Å². The van der Waals surface area contributed by atoms with Crippen LogP contribution in [-0.2, 0) is 24.2 Å². The Kier molecular flexibility index (Phi) is 5.30. The molecule has 0 saturated heterocycles. The van der Waals surface area contributed by atoms with E-state index in [2.05, 4.69) is 103 Å². The highest BCUT2D eigenvalue weighted by molar-refractivity contribution is 4.70. The molecule has 0 amide bonds. The Hall–Kier alpha value is -1.62. The molecule has 0 atom stereocenters. The molecule has 0 spiro atoms. The second-order valence-corrected chi connectivity index (χ2v) is 8.01. The number of rotatable bonds is 6. The molecule has 0 radical (unpaired) electrons. The molecule has 23 heavy (non-hydrogen) atoms. The first-order valence-corrected chi connectivity index (χ1v) is 8.38. The first-order chi connectivity index (χ1) is 10.7. The molecule has 0 saturated carbocycles. The van der Waals surface area contributed by atoms with Crippen molar-refractivity contribution in [1.82, 2.24) is 14.5 Å². The maximum atomic E-state index is 3.48. The molecule has 0 bridgehead atoms. The van der Waals surface area contributed by atoms with E-state index in [1.807, 2.05) is 0 Å². The van der Waals surface area contributed by atoms with E-state index >= 15 is 0 Å². The normalized spacial score (nSPS) is 12.8. The van der Waals surface area contributed by atoms with Crippen LogP contribution in [0.25, 0.3) is 0 Å². The van der Waals surface area contributed by atoms with E-state index in [1.54, 1.807) is 0 Å². The van der Waals surface area contributed by atoms with Crippen LogP contribution in [0.5, 0.6) is 0 Å². The van der Waals surface area contributed by atoms with Crippen molar-refractivity contribution in [2.24, 2.45) is 0 Å². The summed E-state index contributed by atoms with van der Waals surface area (Å²) in [4.78, 5) is 0. The van der Waals surface area contributed by atoms with Crippen molar-refractivity contribution in [2.75, 3.05) is 13.1 Å². The third-order valence-corrected chi connectivity index (χ3v) is 3.77. The van der Waals surface area contributed by atoms with E-state index in [9.17, 15) is 0 Å². The quantitative estimate of drug-likeness (QED) is 0.485. The lowest BCUT2D eigenvalue weighted by Gasteiger charge is -2.18. The number of aromatic nitrogens is 4. The molecule has 5 heteroatoms. The van der Waals surface area contributed by atoms with Gasteiger partial charge in [0.1, 0.15) is 0 Å². The summed E-state index contributed by atoms with van der Waals surface area (Å²) in [6, 6.07) is 0. The first kappa shape index (κ1) is 17.7. The minimum absolute atomic E-state index is 0.0887. The zero-order valence-corrected chi connectivity index (χ0v) is 15.4. The molecule has 1 N–H and O–H groups in total. The Morgan fingerprint density at radius 2 is 1.17 bits per heavy atom. The summed E-state index contributed by atoms with van der Waals surface area (Å²) in [6.07, 6.45) is 15.1. The topological polar surface area (TPSA) is 29.6 Å². The summed E-state index contributed by atoms with van der Waals surface area (Å²) in [5, 5.41) is 3.48. The van der Waals surface area contributed by atoms with Crippen molar-refractivity contribution in [3.63, 3.8) is 0 Å². The van der Waals surface area contributed by atoms with Crippen LogP contribution in [0.1, 0.15) is 41.5 Å². The number of hydrogen-bond acceptors (Lipinski definition) is 1. The van der Waals surface area contributed by atoms with E-state index in [0.29, 0.717) is 0 Å². The van der Waals surface area contributed by atoms with E-state index in [4.69, 9.17) is 0 Å². The third kappa shape index (κ3) is 5.20. The number of hydrogen-bond donors (Lipinski definition) is 1. The molecule has 2 aromatic heterocycles. The average molecular weight is 317 g/mol. The lowest BCUT2D eigenvalue weighted by Crippen LogP contribution is -2.49. The van der Waals surface area contributed by atoms with E-state index < -0.39 is 0 Å². The predicted molar refractivity (Wildman–Crippen MR) is 89.8 cm³/mol. The van der Waals surface area contributed by atoms with Gasteiger partial charge < -0.3 is 23.6 Å². The maximum Gasteiger partial charge on any atom is 0.204 e. The van der Waals surface area contributed by atoms with Crippen LogP contribution >= 0.6 is 0 Å². The monoisotopic (exact) mass is 317 g/mol. The second-order valence-electron chi connectivity index (χ2n) is 8.01. The van der Waals surface area contributed by atoms with Crippen LogP contribution in [0, 0.1) is 12.7 Å². The summed E-state index contributed by atoms with van der Waals surface area (Å²) < 4.78 is 8.45. The Morgan fingerprint density at radius 1 is 0.783 bits per heavy atom. The predicted octanol–water partition coefficient (Wildman–Crippen LogP) is 1.26. The SMILES string of the molecule is CC(C)(C)[n+]1[c-]n(CCNCCn2[c-][n+](C(C)(C)C)cc2)cc1. The fraction of sp³-hybridized carbons (Fsp3) is 0.667. The number of nitrogens with zero attached hydrogens (tertiary/aromatic N) is 4. The average Bonchev–Trinajstić information content (AvgIpc) is 3.05. The standard InChI is InChI=1S/C18H31N5/c1-17(2,3)22-13-11-20(15-22)9-7-19-8-10-21-12-14-23(16-21)18(4,5)6/h11-14,19H,7-10H2,1-6H3. The van der Waals surface area contributed by atoms with Crippen LogP contribution in [0.3, 0.4) is 0 Å². The highest BCUT2D eigenvalue weighted by Crippen LogP contribution is 2.03. The highest BCUT2D eigenvalue weighted by Gasteiger charge is 2.14. The molecule has 2 aromatic rings. The van der Waals surface area contributed by atoms with Gasteiger partial charge in [-0.05, 0) is 66.3 Å². The molecule has 2 heterocycles. The zero-order chi connectivity index (χ0) is 17.1. The van der Waals surface area contributed by atoms with Crippen LogP contribution in [0.4, 0.5) is 0 Å². The molecular weight excluding hydrogens is 286 g/mol. The van der Waals surface area contributed by atoms with E-state index in [-0.39, 0.29) is 11.1 Å². The Morgan fingerprint density at radius 3 is 1.48 bits per heavy atom. The van der Waals surface area contributed by atoms with Crippen molar-refractivity contribution in [2.45, 2.75) is 65.7 Å². The lowest BCUT2D eigenvalue weighted by molar-refractivity contribution is -0.757. The van der Waals surface area contributed by atoms with Gasteiger partial charge in [-0.15, -0.1) is 0 Å². The van der Waals surface area contributed by atoms with Gasteiger partial charge in [0.15, 0.2) is 0 Å². The van der Waals surface area contributed by atoms with Gasteiger partial charge in [0, 0.05) is 13.1 Å². The summed E-state index contributed by atoms with van der Waals surface area (Å²) >= 11 is 0. The maximum absolute atomic E-state index is 3.48. The van der Waals surface area contributed by atoms with Crippen molar-refractivity contribution in [3.05, 3.63) is 37.4 Å². The first-order valence-electron chi connectivity index (χ1n) is 8.38. The Balaban J connectivity index is 1.70. The molecule has 0 aliphatic heterocycles. The van der Waals surface area contributed by atoms with Crippen LogP contribution in [0.15, 0.2) is 24.8 Å². The molecule has 5 nitrogen and oxygen atoms in total. The van der Waals surface area contributed by atoms with Crippen molar-refractivity contribution < 1.29 is 9.13 Å². The molecule has 0 aliphatic rings. The van der Waals surface area contributed by atoms with Gasteiger partial charge in [-0.2, -0.15) is 0 Å². The Labute approximate surface area is 140 Å². The van der Waals surface area contributed by atoms with E-state index in [1.165, 1.54) is 0 Å². The molecule has 0 fully saturated rings. The van der Waals surface area contributed by atoms with Crippen molar-refractivity contribution in [1.29, 1.82) is 0 Å². The van der Waals surface area contributed by atoms with Gasteiger partial charge in [0.25, 0.3) is 0 Å². The Bertz CT molecular complexity index is 556. The minimum Gasteiger partial charge on any atom is -0.350 e. The molecule has 0 aromatic carbocycles. The van der Waals surface area contributed by atoms with Crippen molar-refractivity contribution >= 4 is 0 Å². The fourth-order valence-electron chi connectivity index (χ4n) is 2.22. The number of nitrogens with one attached hydrogen (secondary N) is 1. The van der Waals surface area contributed by atoms with Gasteiger partial charge in [0.05, 0.1) is 24.2 Å². The molecule has 0 unspecified atom stereocenters. The highest BCUT2D eigenvalue weighted by atomic mass is 15.2. The largest absolute Gasteiger partial charge is 0.350 e. The molecular formula is C18H31N5. The summed E-state index contributed by atoms with van der Waals surface area (Å²) in [7, 11) is 0. The van der Waals surface area contributed by atoms with Crippen LogP contribution in [-0.4, -0.2) is 22.2 Å². The molecule has 128 valence electrons. The summed E-state index contributed by atoms with van der Waals surface area (Å²) in [5.41, 5.74) is 0.177. The van der Waals surface area contributed by atoms with Gasteiger partial charge >= 0.3 is 0 Å².